The summed E-state index contributed by atoms with van der Waals surface area (Å²) in [5.74, 6) is 1.05. The average Bonchev–Trinajstić information content (AvgIpc) is 2.47. The van der Waals surface area contributed by atoms with Gasteiger partial charge in [0, 0.05) is 12.1 Å². The van der Waals surface area contributed by atoms with Gasteiger partial charge in [-0.2, -0.15) is 4.39 Å². The number of fused-ring (bicyclic) bond motifs is 1. The molecule has 0 fully saturated rings. The van der Waals surface area contributed by atoms with Crippen molar-refractivity contribution in [1.82, 2.24) is 4.98 Å². The number of aromatic nitrogens is 1. The van der Waals surface area contributed by atoms with E-state index in [0.717, 1.165) is 22.7 Å². The summed E-state index contributed by atoms with van der Waals surface area (Å²) >= 11 is 0. The largest absolute Gasteiger partial charge is 0.486 e. The molecule has 0 saturated carbocycles. The summed E-state index contributed by atoms with van der Waals surface area (Å²) in [6, 6.07) is 8.75. The van der Waals surface area contributed by atoms with Crippen LogP contribution in [0.1, 0.15) is 5.56 Å². The van der Waals surface area contributed by atoms with Gasteiger partial charge in [-0.1, -0.05) is 12.1 Å². The zero-order valence-corrected chi connectivity index (χ0v) is 10.2. The van der Waals surface area contributed by atoms with Crippen LogP contribution in [-0.2, 0) is 6.54 Å². The molecule has 0 bridgehead atoms. The Kier molecular flexibility index (Phi) is 3.18. The van der Waals surface area contributed by atoms with E-state index in [9.17, 15) is 4.39 Å². The van der Waals surface area contributed by atoms with Crippen molar-refractivity contribution in [2.24, 2.45) is 0 Å². The maximum absolute atomic E-state index is 12.7. The van der Waals surface area contributed by atoms with Gasteiger partial charge in [-0.25, -0.2) is 4.98 Å². The molecule has 4 nitrogen and oxygen atoms in total. The van der Waals surface area contributed by atoms with Crippen LogP contribution >= 0.6 is 0 Å². The number of hydrogen-bond acceptors (Lipinski definition) is 4. The number of rotatable bonds is 3. The second-order valence-corrected chi connectivity index (χ2v) is 4.16. The Morgan fingerprint density at radius 2 is 2.05 bits per heavy atom. The van der Waals surface area contributed by atoms with Crippen molar-refractivity contribution in [1.29, 1.82) is 0 Å². The standard InChI is InChI=1S/C14H13FN2O2/c15-13-5-4-11(9-17-13)16-8-10-2-1-3-12-14(10)19-7-6-18-12/h1-5,9,16H,6-8H2. The summed E-state index contributed by atoms with van der Waals surface area (Å²) in [6.45, 7) is 1.70. The van der Waals surface area contributed by atoms with Crippen molar-refractivity contribution in [3.8, 4) is 11.5 Å². The first-order valence-electron chi connectivity index (χ1n) is 6.06. The van der Waals surface area contributed by atoms with Crippen LogP contribution in [0.2, 0.25) is 0 Å². The number of anilines is 1. The normalized spacial score (nSPS) is 13.1. The topological polar surface area (TPSA) is 43.4 Å². The van der Waals surface area contributed by atoms with Crippen LogP contribution in [-0.4, -0.2) is 18.2 Å². The highest BCUT2D eigenvalue weighted by Crippen LogP contribution is 2.33. The lowest BCUT2D eigenvalue weighted by Crippen LogP contribution is -2.17. The summed E-state index contributed by atoms with van der Waals surface area (Å²) in [5.41, 5.74) is 1.76. The Hall–Kier alpha value is -2.30. The highest BCUT2D eigenvalue weighted by atomic mass is 19.1. The van der Waals surface area contributed by atoms with E-state index >= 15 is 0 Å². The van der Waals surface area contributed by atoms with Crippen molar-refractivity contribution < 1.29 is 13.9 Å². The number of ether oxygens (including phenoxy) is 2. The average molecular weight is 260 g/mol. The minimum Gasteiger partial charge on any atom is -0.486 e. The molecule has 2 aromatic rings. The number of nitrogens with zero attached hydrogens (tertiary/aromatic N) is 1. The minimum absolute atomic E-state index is 0.487. The summed E-state index contributed by atoms with van der Waals surface area (Å²) in [5, 5.41) is 3.17. The van der Waals surface area contributed by atoms with Crippen LogP contribution in [0.15, 0.2) is 36.5 Å². The van der Waals surface area contributed by atoms with E-state index in [0.29, 0.717) is 19.8 Å². The van der Waals surface area contributed by atoms with Gasteiger partial charge in [-0.15, -0.1) is 0 Å². The van der Waals surface area contributed by atoms with Gasteiger partial charge >= 0.3 is 0 Å². The molecule has 1 aliphatic rings. The lowest BCUT2D eigenvalue weighted by molar-refractivity contribution is 0.170. The van der Waals surface area contributed by atoms with E-state index in [2.05, 4.69) is 10.3 Å². The maximum atomic E-state index is 12.7. The van der Waals surface area contributed by atoms with Crippen molar-refractivity contribution in [2.75, 3.05) is 18.5 Å². The van der Waals surface area contributed by atoms with Crippen LogP contribution in [0.5, 0.6) is 11.5 Å². The van der Waals surface area contributed by atoms with Crippen molar-refractivity contribution in [3.05, 3.63) is 48.0 Å². The molecule has 1 aromatic carbocycles. The SMILES string of the molecule is Fc1ccc(NCc2cccc3c2OCCO3)cn1. The molecule has 0 radical (unpaired) electrons. The molecule has 3 rings (SSSR count). The number of para-hydroxylation sites is 1. The van der Waals surface area contributed by atoms with E-state index in [1.165, 1.54) is 12.3 Å². The number of hydrogen-bond donors (Lipinski definition) is 1. The number of halogens is 1. The molecule has 5 heteroatoms. The van der Waals surface area contributed by atoms with E-state index in [-0.39, 0.29) is 0 Å². The predicted molar refractivity (Wildman–Crippen MR) is 69.0 cm³/mol. The van der Waals surface area contributed by atoms with Crippen LogP contribution in [0, 0.1) is 5.95 Å². The molecular formula is C14H13FN2O2. The van der Waals surface area contributed by atoms with Gasteiger partial charge in [-0.3, -0.25) is 0 Å². The fraction of sp³-hybridized carbons (Fsp3) is 0.214. The van der Waals surface area contributed by atoms with Gasteiger partial charge in [0.2, 0.25) is 5.95 Å². The van der Waals surface area contributed by atoms with Gasteiger partial charge in [-0.05, 0) is 18.2 Å². The molecule has 2 heterocycles. The van der Waals surface area contributed by atoms with Gasteiger partial charge in [0.25, 0.3) is 0 Å². The third kappa shape index (κ3) is 2.59. The van der Waals surface area contributed by atoms with E-state index in [1.807, 2.05) is 18.2 Å². The third-order valence-corrected chi connectivity index (χ3v) is 2.86. The number of pyridine rings is 1. The maximum Gasteiger partial charge on any atom is 0.212 e. The lowest BCUT2D eigenvalue weighted by atomic mass is 10.1. The zero-order valence-electron chi connectivity index (χ0n) is 10.2. The molecule has 0 saturated heterocycles. The summed E-state index contributed by atoms with van der Waals surface area (Å²) < 4.78 is 23.8. The molecule has 0 spiro atoms. The summed E-state index contributed by atoms with van der Waals surface area (Å²) in [4.78, 5) is 3.59. The first-order chi connectivity index (χ1) is 9.33. The quantitative estimate of drug-likeness (QED) is 0.861. The Labute approximate surface area is 110 Å². The van der Waals surface area contributed by atoms with Crippen molar-refractivity contribution in [2.45, 2.75) is 6.54 Å². The third-order valence-electron chi connectivity index (χ3n) is 2.86. The Morgan fingerprint density at radius 1 is 1.16 bits per heavy atom. The summed E-state index contributed by atoms with van der Waals surface area (Å²) in [6.07, 6.45) is 1.46. The molecule has 1 aliphatic heterocycles. The lowest BCUT2D eigenvalue weighted by Gasteiger charge is -2.21. The predicted octanol–water partition coefficient (Wildman–Crippen LogP) is 2.60. The van der Waals surface area contributed by atoms with Crippen LogP contribution in [0.25, 0.3) is 0 Å². The molecule has 0 atom stereocenters. The van der Waals surface area contributed by atoms with Crippen molar-refractivity contribution in [3.63, 3.8) is 0 Å². The van der Waals surface area contributed by atoms with Crippen LogP contribution in [0.4, 0.5) is 10.1 Å². The second-order valence-electron chi connectivity index (χ2n) is 4.16. The van der Waals surface area contributed by atoms with Gasteiger partial charge in [0.1, 0.15) is 13.2 Å². The zero-order chi connectivity index (χ0) is 13.1. The van der Waals surface area contributed by atoms with Gasteiger partial charge < -0.3 is 14.8 Å². The first kappa shape index (κ1) is 11.8. The molecule has 0 amide bonds. The van der Waals surface area contributed by atoms with Crippen LogP contribution < -0.4 is 14.8 Å². The molecular weight excluding hydrogens is 247 g/mol. The molecule has 19 heavy (non-hydrogen) atoms. The Bertz CT molecular complexity index is 572. The molecule has 98 valence electrons. The minimum atomic E-state index is -0.487. The van der Waals surface area contributed by atoms with Gasteiger partial charge in [0.15, 0.2) is 11.5 Å². The van der Waals surface area contributed by atoms with E-state index < -0.39 is 5.95 Å². The van der Waals surface area contributed by atoms with Crippen molar-refractivity contribution >= 4 is 5.69 Å². The van der Waals surface area contributed by atoms with E-state index in [1.54, 1.807) is 6.07 Å². The highest BCUT2D eigenvalue weighted by molar-refractivity contribution is 5.50. The number of nitrogens with one attached hydrogen (secondary N) is 1. The molecule has 1 N–H and O–H groups in total. The molecule has 0 aliphatic carbocycles. The Morgan fingerprint density at radius 3 is 2.89 bits per heavy atom. The molecule has 1 aromatic heterocycles. The highest BCUT2D eigenvalue weighted by Gasteiger charge is 2.15. The fourth-order valence-corrected chi connectivity index (χ4v) is 1.95. The summed E-state index contributed by atoms with van der Waals surface area (Å²) in [7, 11) is 0. The second kappa shape index (κ2) is 5.14. The molecule has 0 unspecified atom stereocenters. The van der Waals surface area contributed by atoms with E-state index in [4.69, 9.17) is 9.47 Å². The fourth-order valence-electron chi connectivity index (χ4n) is 1.95. The Balaban J connectivity index is 1.75. The smallest absolute Gasteiger partial charge is 0.212 e. The van der Waals surface area contributed by atoms with Crippen LogP contribution in [0.3, 0.4) is 0 Å². The number of benzene rings is 1. The van der Waals surface area contributed by atoms with Gasteiger partial charge in [0.05, 0.1) is 11.9 Å². The first-order valence-corrected chi connectivity index (χ1v) is 6.06. The monoisotopic (exact) mass is 260 g/mol.